The molecular weight excluding hydrogens is 316 g/mol. The molecule has 4 N–H and O–H groups in total. The second kappa shape index (κ2) is 8.06. The Morgan fingerprint density at radius 1 is 1.00 bits per heavy atom. The highest BCUT2D eigenvalue weighted by Crippen LogP contribution is 2.34. The molecule has 0 unspecified atom stereocenters. The third kappa shape index (κ3) is 4.28. The standard InChI is InChI=1S/C15H15ClN2O3.C2H6/c16-11-7-9(15-19-5-6-20-15)1-4-14(11)21-10-2-3-12(17)13(18)8-10;1-2/h1-4,7-8,15H,5-6,17-18H2;1-2H3. The quantitative estimate of drug-likeness (QED) is 0.813. The molecule has 2 aromatic carbocycles. The van der Waals surface area contributed by atoms with E-state index in [0.29, 0.717) is 41.1 Å². The Morgan fingerprint density at radius 2 is 1.70 bits per heavy atom. The Balaban J connectivity index is 0.000000924. The van der Waals surface area contributed by atoms with Crippen LogP contribution < -0.4 is 16.2 Å². The molecule has 1 fully saturated rings. The van der Waals surface area contributed by atoms with Crippen LogP contribution >= 0.6 is 11.6 Å². The molecule has 0 spiro atoms. The van der Waals surface area contributed by atoms with Gasteiger partial charge in [0.25, 0.3) is 0 Å². The molecule has 2 aromatic rings. The lowest BCUT2D eigenvalue weighted by molar-refractivity contribution is -0.0441. The maximum Gasteiger partial charge on any atom is 0.184 e. The molecule has 1 heterocycles. The summed E-state index contributed by atoms with van der Waals surface area (Å²) in [5.41, 5.74) is 13.3. The number of benzene rings is 2. The number of halogens is 1. The predicted molar refractivity (Wildman–Crippen MR) is 92.8 cm³/mol. The number of nitrogens with two attached hydrogens (primary N) is 2. The van der Waals surface area contributed by atoms with Gasteiger partial charge in [-0.25, -0.2) is 0 Å². The molecule has 23 heavy (non-hydrogen) atoms. The highest BCUT2D eigenvalue weighted by molar-refractivity contribution is 6.32. The molecule has 1 saturated heterocycles. The number of rotatable bonds is 3. The van der Waals surface area contributed by atoms with Crippen molar-refractivity contribution in [3.8, 4) is 11.5 Å². The van der Waals surface area contributed by atoms with E-state index in [1.165, 1.54) is 0 Å². The van der Waals surface area contributed by atoms with Crippen molar-refractivity contribution in [1.29, 1.82) is 0 Å². The van der Waals surface area contributed by atoms with Crippen LogP contribution in [0, 0.1) is 0 Å². The summed E-state index contributed by atoms with van der Waals surface area (Å²) >= 11 is 6.24. The van der Waals surface area contributed by atoms with Crippen molar-refractivity contribution in [1.82, 2.24) is 0 Å². The molecule has 3 rings (SSSR count). The van der Waals surface area contributed by atoms with Gasteiger partial charge < -0.3 is 25.7 Å². The fourth-order valence-corrected chi connectivity index (χ4v) is 2.27. The van der Waals surface area contributed by atoms with E-state index < -0.39 is 0 Å². The molecule has 124 valence electrons. The van der Waals surface area contributed by atoms with E-state index in [1.807, 2.05) is 19.9 Å². The Kier molecular flexibility index (Phi) is 6.10. The van der Waals surface area contributed by atoms with E-state index in [2.05, 4.69) is 0 Å². The zero-order valence-electron chi connectivity index (χ0n) is 13.2. The van der Waals surface area contributed by atoms with E-state index >= 15 is 0 Å². The predicted octanol–water partition coefficient (Wildman–Crippen LogP) is 4.37. The third-order valence-electron chi connectivity index (χ3n) is 3.14. The summed E-state index contributed by atoms with van der Waals surface area (Å²) in [5, 5.41) is 0.474. The Labute approximate surface area is 141 Å². The van der Waals surface area contributed by atoms with Gasteiger partial charge in [0.15, 0.2) is 6.29 Å². The van der Waals surface area contributed by atoms with Gasteiger partial charge in [0.2, 0.25) is 0 Å². The van der Waals surface area contributed by atoms with Crippen molar-refractivity contribution in [2.75, 3.05) is 24.7 Å². The molecule has 0 atom stereocenters. The van der Waals surface area contributed by atoms with Crippen LogP contribution in [-0.4, -0.2) is 13.2 Å². The van der Waals surface area contributed by atoms with E-state index in [0.717, 1.165) is 5.56 Å². The van der Waals surface area contributed by atoms with Crippen LogP contribution in [0.4, 0.5) is 11.4 Å². The first-order valence-corrected chi connectivity index (χ1v) is 7.87. The molecule has 0 saturated carbocycles. The lowest BCUT2D eigenvalue weighted by Crippen LogP contribution is -1.98. The summed E-state index contributed by atoms with van der Waals surface area (Å²) in [4.78, 5) is 0. The Morgan fingerprint density at radius 3 is 2.30 bits per heavy atom. The minimum Gasteiger partial charge on any atom is -0.456 e. The van der Waals surface area contributed by atoms with Gasteiger partial charge in [0.05, 0.1) is 29.6 Å². The minimum absolute atomic E-state index is 0.358. The number of ether oxygens (including phenoxy) is 3. The minimum atomic E-state index is -0.358. The summed E-state index contributed by atoms with van der Waals surface area (Å²) in [6.45, 7) is 5.18. The molecular formula is C17H21ClN2O3. The summed E-state index contributed by atoms with van der Waals surface area (Å²) in [7, 11) is 0. The lowest BCUT2D eigenvalue weighted by Gasteiger charge is -2.13. The van der Waals surface area contributed by atoms with E-state index in [4.69, 9.17) is 37.3 Å². The summed E-state index contributed by atoms with van der Waals surface area (Å²) in [5.74, 6) is 1.10. The van der Waals surface area contributed by atoms with Gasteiger partial charge in [-0.3, -0.25) is 0 Å². The summed E-state index contributed by atoms with van der Waals surface area (Å²) < 4.78 is 16.6. The molecule has 0 amide bonds. The monoisotopic (exact) mass is 336 g/mol. The topological polar surface area (TPSA) is 79.7 Å². The largest absolute Gasteiger partial charge is 0.456 e. The number of hydrogen-bond acceptors (Lipinski definition) is 5. The zero-order chi connectivity index (χ0) is 16.8. The van der Waals surface area contributed by atoms with Crippen LogP contribution in [0.25, 0.3) is 0 Å². The molecule has 6 heteroatoms. The molecule has 0 bridgehead atoms. The van der Waals surface area contributed by atoms with Gasteiger partial charge >= 0.3 is 0 Å². The smallest absolute Gasteiger partial charge is 0.184 e. The van der Waals surface area contributed by atoms with Gasteiger partial charge in [-0.1, -0.05) is 31.5 Å². The van der Waals surface area contributed by atoms with Crippen LogP contribution in [0.5, 0.6) is 11.5 Å². The average molecular weight is 337 g/mol. The molecule has 0 aliphatic carbocycles. The van der Waals surface area contributed by atoms with Crippen LogP contribution in [0.3, 0.4) is 0 Å². The van der Waals surface area contributed by atoms with Crippen LogP contribution in [0.2, 0.25) is 5.02 Å². The van der Waals surface area contributed by atoms with Crippen LogP contribution in [0.15, 0.2) is 36.4 Å². The van der Waals surface area contributed by atoms with Crippen molar-refractivity contribution in [3.63, 3.8) is 0 Å². The zero-order valence-corrected chi connectivity index (χ0v) is 14.0. The van der Waals surface area contributed by atoms with Crippen molar-refractivity contribution in [2.24, 2.45) is 0 Å². The van der Waals surface area contributed by atoms with Gasteiger partial charge in [-0.05, 0) is 24.3 Å². The maximum atomic E-state index is 6.24. The SMILES string of the molecule is CC.Nc1ccc(Oc2ccc(C3OCCO3)cc2Cl)cc1N. The van der Waals surface area contributed by atoms with Crippen LogP contribution in [0.1, 0.15) is 25.7 Å². The summed E-state index contributed by atoms with van der Waals surface area (Å²) in [6.07, 6.45) is -0.358. The second-order valence-electron chi connectivity index (χ2n) is 4.66. The van der Waals surface area contributed by atoms with Crippen molar-refractivity contribution in [2.45, 2.75) is 20.1 Å². The highest BCUT2D eigenvalue weighted by Gasteiger charge is 2.19. The second-order valence-corrected chi connectivity index (χ2v) is 5.06. The van der Waals surface area contributed by atoms with Gasteiger partial charge in [0, 0.05) is 11.6 Å². The third-order valence-corrected chi connectivity index (χ3v) is 3.43. The van der Waals surface area contributed by atoms with Crippen molar-refractivity contribution >= 4 is 23.0 Å². The van der Waals surface area contributed by atoms with E-state index in [1.54, 1.807) is 30.3 Å². The molecule has 0 aromatic heterocycles. The van der Waals surface area contributed by atoms with Gasteiger partial charge in [-0.15, -0.1) is 0 Å². The Hall–Kier alpha value is -1.95. The fourth-order valence-electron chi connectivity index (χ4n) is 2.04. The molecule has 1 aliphatic rings. The fraction of sp³-hybridized carbons (Fsp3) is 0.294. The highest BCUT2D eigenvalue weighted by atomic mass is 35.5. The Bertz CT molecular complexity index is 658. The van der Waals surface area contributed by atoms with Gasteiger partial charge in [-0.2, -0.15) is 0 Å². The number of nitrogen functional groups attached to an aromatic ring is 2. The van der Waals surface area contributed by atoms with E-state index in [-0.39, 0.29) is 6.29 Å². The van der Waals surface area contributed by atoms with Crippen LogP contribution in [-0.2, 0) is 9.47 Å². The van der Waals surface area contributed by atoms with Gasteiger partial charge in [0.1, 0.15) is 11.5 Å². The average Bonchev–Trinajstić information content (AvgIpc) is 3.09. The molecule has 5 nitrogen and oxygen atoms in total. The van der Waals surface area contributed by atoms with Crippen molar-refractivity contribution < 1.29 is 14.2 Å². The molecule has 1 aliphatic heterocycles. The number of hydrogen-bond donors (Lipinski definition) is 2. The van der Waals surface area contributed by atoms with Crippen molar-refractivity contribution in [3.05, 3.63) is 47.0 Å². The molecule has 0 radical (unpaired) electrons. The first-order chi connectivity index (χ1) is 11.1. The first kappa shape index (κ1) is 17.4. The normalized spacial score (nSPS) is 14.2. The lowest BCUT2D eigenvalue weighted by atomic mass is 10.2. The maximum absolute atomic E-state index is 6.24. The first-order valence-electron chi connectivity index (χ1n) is 7.49. The summed E-state index contributed by atoms with van der Waals surface area (Å²) in [6, 6.07) is 10.5. The number of anilines is 2. The van der Waals surface area contributed by atoms with E-state index in [9.17, 15) is 0 Å².